The molecule has 5 nitrogen and oxygen atoms in total. The number of aliphatic hydroxyl groups is 2. The van der Waals surface area contributed by atoms with Crippen LogP contribution < -0.4 is 5.73 Å². The molecule has 0 amide bonds. The van der Waals surface area contributed by atoms with Gasteiger partial charge in [-0.1, -0.05) is 0 Å². The average Bonchev–Trinajstić information content (AvgIpc) is 2.04. The third-order valence-electron chi connectivity index (χ3n) is 1.63. The monoisotopic (exact) mass is 179 g/mol. The van der Waals surface area contributed by atoms with E-state index in [1.165, 1.54) is 14.2 Å². The van der Waals surface area contributed by atoms with Gasteiger partial charge in [0.25, 0.3) is 0 Å². The van der Waals surface area contributed by atoms with E-state index in [2.05, 4.69) is 0 Å². The highest BCUT2D eigenvalue weighted by Crippen LogP contribution is 2.10. The van der Waals surface area contributed by atoms with Crippen molar-refractivity contribution in [3.8, 4) is 0 Å². The van der Waals surface area contributed by atoms with Crippen LogP contribution in [0.2, 0.25) is 0 Å². The molecule has 0 aliphatic carbocycles. The normalized spacial score (nSPS) is 14.8. The molecule has 0 bridgehead atoms. The first-order valence-corrected chi connectivity index (χ1v) is 3.69. The zero-order valence-corrected chi connectivity index (χ0v) is 7.49. The van der Waals surface area contributed by atoms with Crippen LogP contribution >= 0.6 is 0 Å². The van der Waals surface area contributed by atoms with E-state index in [1.54, 1.807) is 0 Å². The van der Waals surface area contributed by atoms with Crippen LogP contribution in [0.5, 0.6) is 0 Å². The van der Waals surface area contributed by atoms with Gasteiger partial charge in [-0.3, -0.25) is 0 Å². The Labute approximate surface area is 72.1 Å². The summed E-state index contributed by atoms with van der Waals surface area (Å²) in [5.74, 6) is 0. The quantitative estimate of drug-likeness (QED) is 0.454. The molecule has 0 radical (unpaired) electrons. The van der Waals surface area contributed by atoms with Gasteiger partial charge in [0, 0.05) is 20.8 Å². The molecule has 0 aromatic rings. The minimum Gasteiger partial charge on any atom is -0.389 e. The van der Waals surface area contributed by atoms with Crippen LogP contribution in [0.15, 0.2) is 0 Å². The smallest absolute Gasteiger partial charge is 0.138 e. The molecular formula is C7H17NO4. The zero-order chi connectivity index (χ0) is 9.61. The maximum absolute atomic E-state index is 9.70. The van der Waals surface area contributed by atoms with Crippen molar-refractivity contribution in [2.24, 2.45) is 5.73 Å². The highest BCUT2D eigenvalue weighted by molar-refractivity contribution is 4.86. The number of rotatable bonds is 6. The molecule has 0 spiro atoms. The van der Waals surface area contributed by atoms with Gasteiger partial charge in [0.15, 0.2) is 0 Å². The number of hydrogen-bond acceptors (Lipinski definition) is 5. The van der Waals surface area contributed by atoms with Crippen molar-refractivity contribution < 1.29 is 19.7 Å². The number of aliphatic hydroxyl groups excluding tert-OH is 1. The van der Waals surface area contributed by atoms with Gasteiger partial charge in [-0.2, -0.15) is 0 Å². The Morgan fingerprint density at radius 3 is 2.00 bits per heavy atom. The lowest BCUT2D eigenvalue weighted by molar-refractivity contribution is -0.140. The van der Waals surface area contributed by atoms with Gasteiger partial charge < -0.3 is 25.4 Å². The lowest BCUT2D eigenvalue weighted by Crippen LogP contribution is -2.53. The van der Waals surface area contributed by atoms with Crippen LogP contribution in [0.25, 0.3) is 0 Å². The summed E-state index contributed by atoms with van der Waals surface area (Å²) in [5.41, 5.74) is 3.79. The molecule has 1 unspecified atom stereocenters. The lowest BCUT2D eigenvalue weighted by atomic mass is 9.99. The van der Waals surface area contributed by atoms with Crippen LogP contribution in [0.1, 0.15) is 0 Å². The molecular weight excluding hydrogens is 162 g/mol. The Kier molecular flexibility index (Phi) is 5.36. The minimum atomic E-state index is -1.40. The Balaban J connectivity index is 4.15. The van der Waals surface area contributed by atoms with E-state index < -0.39 is 11.7 Å². The van der Waals surface area contributed by atoms with Crippen molar-refractivity contribution in [2.75, 3.05) is 34.0 Å². The third-order valence-corrected chi connectivity index (χ3v) is 1.63. The van der Waals surface area contributed by atoms with Crippen molar-refractivity contribution in [2.45, 2.75) is 11.7 Å². The molecule has 0 saturated carbocycles. The van der Waals surface area contributed by atoms with E-state index in [0.29, 0.717) is 0 Å². The minimum absolute atomic E-state index is 0.000787. The summed E-state index contributed by atoms with van der Waals surface area (Å²) in [4.78, 5) is 0. The van der Waals surface area contributed by atoms with E-state index in [1.807, 2.05) is 0 Å². The fraction of sp³-hybridized carbons (Fsp3) is 1.00. The fourth-order valence-electron chi connectivity index (χ4n) is 0.953. The van der Waals surface area contributed by atoms with Gasteiger partial charge in [-0.25, -0.2) is 0 Å². The average molecular weight is 179 g/mol. The first kappa shape index (κ1) is 11.8. The molecule has 4 N–H and O–H groups in total. The van der Waals surface area contributed by atoms with E-state index in [-0.39, 0.29) is 19.8 Å². The van der Waals surface area contributed by atoms with Crippen molar-refractivity contribution in [1.29, 1.82) is 0 Å². The van der Waals surface area contributed by atoms with E-state index >= 15 is 0 Å². The van der Waals surface area contributed by atoms with Crippen molar-refractivity contribution in [3.63, 3.8) is 0 Å². The van der Waals surface area contributed by atoms with Gasteiger partial charge in [-0.05, 0) is 0 Å². The third kappa shape index (κ3) is 3.04. The van der Waals surface area contributed by atoms with Crippen LogP contribution in [0.3, 0.4) is 0 Å². The predicted octanol–water partition coefficient (Wildman–Crippen LogP) is -1.67. The second kappa shape index (κ2) is 5.45. The Morgan fingerprint density at radius 2 is 1.75 bits per heavy atom. The summed E-state index contributed by atoms with van der Waals surface area (Å²) < 4.78 is 9.47. The maximum Gasteiger partial charge on any atom is 0.138 e. The second-order valence-corrected chi connectivity index (χ2v) is 2.72. The van der Waals surface area contributed by atoms with Gasteiger partial charge in [0.2, 0.25) is 0 Å². The van der Waals surface area contributed by atoms with Gasteiger partial charge in [0.05, 0.1) is 19.3 Å². The number of nitrogens with two attached hydrogens (primary N) is 1. The van der Waals surface area contributed by atoms with Crippen molar-refractivity contribution in [3.05, 3.63) is 0 Å². The van der Waals surface area contributed by atoms with Crippen molar-refractivity contribution in [1.82, 2.24) is 0 Å². The summed E-state index contributed by atoms with van der Waals surface area (Å²) >= 11 is 0. The van der Waals surface area contributed by atoms with Crippen LogP contribution in [0.4, 0.5) is 0 Å². The standard InChI is InChI=1S/C7H17NO4/c1-11-4-7(10,5-12-2)6(9)3-8/h6,9-10H,3-5,8H2,1-2H3. The Morgan fingerprint density at radius 1 is 1.33 bits per heavy atom. The molecule has 0 fully saturated rings. The molecule has 0 heterocycles. The molecule has 0 aliphatic rings. The second-order valence-electron chi connectivity index (χ2n) is 2.72. The summed E-state index contributed by atoms with van der Waals surface area (Å²) in [7, 11) is 2.87. The summed E-state index contributed by atoms with van der Waals surface area (Å²) in [6.07, 6.45) is -1.03. The van der Waals surface area contributed by atoms with E-state index in [9.17, 15) is 10.2 Å². The van der Waals surface area contributed by atoms with Gasteiger partial charge in [0.1, 0.15) is 5.60 Å². The number of hydrogen-bond donors (Lipinski definition) is 3. The van der Waals surface area contributed by atoms with Crippen molar-refractivity contribution >= 4 is 0 Å². The first-order valence-electron chi connectivity index (χ1n) is 3.69. The maximum atomic E-state index is 9.70. The number of ether oxygens (including phenoxy) is 2. The van der Waals surface area contributed by atoms with Crippen LogP contribution in [-0.4, -0.2) is 55.9 Å². The molecule has 74 valence electrons. The predicted molar refractivity (Wildman–Crippen MR) is 43.8 cm³/mol. The molecule has 5 heteroatoms. The Hall–Kier alpha value is -0.200. The van der Waals surface area contributed by atoms with Gasteiger partial charge in [-0.15, -0.1) is 0 Å². The fourth-order valence-corrected chi connectivity index (χ4v) is 0.953. The molecule has 0 rings (SSSR count). The highest BCUT2D eigenvalue weighted by atomic mass is 16.5. The highest BCUT2D eigenvalue weighted by Gasteiger charge is 2.34. The Bertz CT molecular complexity index is 114. The zero-order valence-electron chi connectivity index (χ0n) is 7.49. The molecule has 0 aromatic carbocycles. The van der Waals surface area contributed by atoms with E-state index in [4.69, 9.17) is 15.2 Å². The molecule has 12 heavy (non-hydrogen) atoms. The largest absolute Gasteiger partial charge is 0.389 e. The van der Waals surface area contributed by atoms with E-state index in [0.717, 1.165) is 0 Å². The topological polar surface area (TPSA) is 84.9 Å². The van der Waals surface area contributed by atoms with Crippen LogP contribution in [-0.2, 0) is 9.47 Å². The first-order chi connectivity index (χ1) is 5.60. The summed E-state index contributed by atoms with van der Waals surface area (Å²) in [6, 6.07) is 0. The summed E-state index contributed by atoms with van der Waals surface area (Å²) in [6.45, 7) is -0.0262. The molecule has 0 saturated heterocycles. The SMILES string of the molecule is COCC(O)(COC)C(O)CN. The lowest BCUT2D eigenvalue weighted by Gasteiger charge is -2.30. The van der Waals surface area contributed by atoms with Gasteiger partial charge >= 0.3 is 0 Å². The molecule has 0 aliphatic heterocycles. The molecule has 0 aromatic heterocycles. The number of methoxy groups -OCH3 is 2. The molecule has 1 atom stereocenters. The van der Waals surface area contributed by atoms with Crippen LogP contribution in [0, 0.1) is 0 Å². The summed E-state index contributed by atoms with van der Waals surface area (Å²) in [5, 5.41) is 19.0.